The van der Waals surface area contributed by atoms with Crippen LogP contribution in [-0.2, 0) is 4.79 Å². The van der Waals surface area contributed by atoms with Gasteiger partial charge in [0.15, 0.2) is 17.3 Å². The number of rotatable bonds is 9. The molecule has 0 spiro atoms. The Bertz CT molecular complexity index is 1670. The molecule has 1 heterocycles. The summed E-state index contributed by atoms with van der Waals surface area (Å²) in [7, 11) is 4.50. The topological polar surface area (TPSA) is 102 Å². The third-order valence-corrected chi connectivity index (χ3v) is 8.62. The van der Waals surface area contributed by atoms with E-state index >= 15 is 0 Å². The lowest BCUT2D eigenvalue weighted by atomic mass is 9.71. The number of carbonyl (C=O) groups is 3. The van der Waals surface area contributed by atoms with Crippen LogP contribution in [0.5, 0.6) is 17.2 Å². The number of benzene rings is 4. The number of Topliss-reactive ketones (excluding diaryl/α,β-unsaturated/α-hetero) is 1. The molecule has 1 N–H and O–H groups in total. The minimum absolute atomic E-state index is 0.205. The molecule has 226 valence electrons. The van der Waals surface area contributed by atoms with Crippen LogP contribution in [0.15, 0.2) is 97.1 Å². The molecule has 4 aromatic rings. The Labute approximate surface area is 256 Å². The summed E-state index contributed by atoms with van der Waals surface area (Å²) in [6, 6.07) is 27.2. The zero-order valence-corrected chi connectivity index (χ0v) is 25.3. The van der Waals surface area contributed by atoms with E-state index in [2.05, 4.69) is 0 Å². The van der Waals surface area contributed by atoms with Crippen LogP contribution in [0.4, 0.5) is 0 Å². The number of likely N-dealkylation sites (tertiary alicyclic amines) is 1. The van der Waals surface area contributed by atoms with Crippen molar-refractivity contribution in [1.82, 2.24) is 4.90 Å². The Kier molecular flexibility index (Phi) is 8.45. The number of methoxy groups -OCH3 is 3. The second kappa shape index (κ2) is 12.2. The van der Waals surface area contributed by atoms with Crippen molar-refractivity contribution in [3.05, 3.63) is 125 Å². The quantitative estimate of drug-likeness (QED) is 0.226. The molecular weight excluding hydrogens is 558 g/mol. The van der Waals surface area contributed by atoms with E-state index in [0.29, 0.717) is 33.9 Å². The third-order valence-electron chi connectivity index (χ3n) is 8.62. The largest absolute Gasteiger partial charge is 0.497 e. The molecule has 4 unspecified atom stereocenters. The third kappa shape index (κ3) is 5.17. The lowest BCUT2D eigenvalue weighted by Gasteiger charge is -2.38. The van der Waals surface area contributed by atoms with Gasteiger partial charge in [0.1, 0.15) is 11.3 Å². The van der Waals surface area contributed by atoms with E-state index in [1.54, 1.807) is 43.5 Å². The average Bonchev–Trinajstić information content (AvgIpc) is 3.34. The van der Waals surface area contributed by atoms with Crippen molar-refractivity contribution in [2.45, 2.75) is 31.3 Å². The lowest BCUT2D eigenvalue weighted by Crippen LogP contribution is -2.54. The van der Waals surface area contributed by atoms with Crippen LogP contribution >= 0.6 is 0 Å². The van der Waals surface area contributed by atoms with E-state index in [0.717, 1.165) is 5.56 Å². The molecule has 4 aromatic carbocycles. The zero-order valence-electron chi connectivity index (χ0n) is 25.3. The number of hydrogen-bond acceptors (Lipinski definition) is 6. The average molecular weight is 594 g/mol. The van der Waals surface area contributed by atoms with Gasteiger partial charge in [0.25, 0.3) is 5.91 Å². The van der Waals surface area contributed by atoms with Crippen molar-refractivity contribution in [2.24, 2.45) is 5.92 Å². The second-order valence-corrected chi connectivity index (χ2v) is 11.1. The monoisotopic (exact) mass is 593 g/mol. The van der Waals surface area contributed by atoms with Crippen LogP contribution < -0.4 is 14.2 Å². The van der Waals surface area contributed by atoms with Gasteiger partial charge in [0, 0.05) is 17.0 Å². The first-order chi connectivity index (χ1) is 21.1. The van der Waals surface area contributed by atoms with Gasteiger partial charge >= 0.3 is 5.97 Å². The van der Waals surface area contributed by atoms with Crippen LogP contribution in [0.25, 0.3) is 0 Å². The number of aryl methyl sites for hydroxylation is 1. The number of amides is 1. The normalized spacial score (nSPS) is 21.0. The van der Waals surface area contributed by atoms with E-state index in [9.17, 15) is 19.5 Å². The van der Waals surface area contributed by atoms with E-state index in [4.69, 9.17) is 14.2 Å². The molecule has 5 rings (SSSR count). The Morgan fingerprint density at radius 1 is 0.727 bits per heavy atom. The molecule has 8 heteroatoms. The molecule has 8 nitrogen and oxygen atoms in total. The molecule has 1 aliphatic heterocycles. The predicted molar refractivity (Wildman–Crippen MR) is 166 cm³/mol. The summed E-state index contributed by atoms with van der Waals surface area (Å²) in [5.41, 5.74) is 1.06. The maximum Gasteiger partial charge on any atom is 0.330 e. The van der Waals surface area contributed by atoms with Crippen molar-refractivity contribution >= 4 is 17.7 Å². The van der Waals surface area contributed by atoms with Crippen molar-refractivity contribution in [2.75, 3.05) is 21.3 Å². The van der Waals surface area contributed by atoms with Gasteiger partial charge in [-0.2, -0.15) is 0 Å². The zero-order chi connectivity index (χ0) is 31.6. The first kappa shape index (κ1) is 30.4. The fraction of sp³-hybridized carbons (Fsp3) is 0.250. The highest BCUT2D eigenvalue weighted by Gasteiger charge is 2.64. The highest BCUT2D eigenvalue weighted by molar-refractivity contribution is 6.04. The van der Waals surface area contributed by atoms with Crippen molar-refractivity contribution in [3.8, 4) is 17.2 Å². The lowest BCUT2D eigenvalue weighted by molar-refractivity contribution is -0.148. The van der Waals surface area contributed by atoms with E-state index in [-0.39, 0.29) is 11.3 Å². The summed E-state index contributed by atoms with van der Waals surface area (Å²) < 4.78 is 16.1. The number of nitrogens with zero attached hydrogens (tertiary/aromatic N) is 1. The molecule has 1 amide bonds. The summed E-state index contributed by atoms with van der Waals surface area (Å²) >= 11 is 0. The molecule has 44 heavy (non-hydrogen) atoms. The molecule has 0 radical (unpaired) electrons. The summed E-state index contributed by atoms with van der Waals surface area (Å²) in [6.07, 6.45) is 0. The van der Waals surface area contributed by atoms with Gasteiger partial charge in [-0.3, -0.25) is 9.59 Å². The number of aliphatic carboxylic acids is 1. The molecule has 1 fully saturated rings. The van der Waals surface area contributed by atoms with Gasteiger partial charge in [0.05, 0.1) is 33.3 Å². The number of ketones is 1. The van der Waals surface area contributed by atoms with Crippen LogP contribution in [0.3, 0.4) is 0 Å². The number of ether oxygens (including phenoxy) is 3. The molecule has 0 saturated carbocycles. The van der Waals surface area contributed by atoms with Crippen molar-refractivity contribution in [3.63, 3.8) is 0 Å². The molecule has 1 aliphatic rings. The predicted octanol–water partition coefficient (Wildman–Crippen LogP) is 6.34. The molecule has 0 bridgehead atoms. The Morgan fingerprint density at radius 3 is 1.91 bits per heavy atom. The van der Waals surface area contributed by atoms with Crippen LogP contribution in [0, 0.1) is 12.8 Å². The fourth-order valence-electron chi connectivity index (χ4n) is 6.37. The van der Waals surface area contributed by atoms with Crippen molar-refractivity contribution in [1.29, 1.82) is 0 Å². The van der Waals surface area contributed by atoms with E-state index in [1.165, 1.54) is 32.1 Å². The number of hydrogen-bond donors (Lipinski definition) is 1. The van der Waals surface area contributed by atoms with Gasteiger partial charge in [-0.25, -0.2) is 4.79 Å². The summed E-state index contributed by atoms with van der Waals surface area (Å²) in [5.74, 6) is -2.55. The van der Waals surface area contributed by atoms with Crippen LogP contribution in [0.2, 0.25) is 0 Å². The Balaban J connectivity index is 1.80. The fourth-order valence-corrected chi connectivity index (χ4v) is 6.37. The minimum atomic E-state index is -1.83. The molecule has 4 atom stereocenters. The number of carbonyl (C=O) groups excluding carboxylic acids is 2. The molecule has 1 saturated heterocycles. The van der Waals surface area contributed by atoms with Gasteiger partial charge in [0.2, 0.25) is 0 Å². The standard InChI is InChI=1S/C36H35NO7/c1-22-11-13-24(14-12-22)32-30(33(38)25-15-18-27(42-3)19-16-25)31(23-9-7-6-8-10-23)36(2,35(40)41)37(32)34(39)26-17-20-28(43-4)29(21-26)44-5/h6-21,30-32H,1-5H3,(H,40,41). The molecule has 0 aromatic heterocycles. The molecule has 0 aliphatic carbocycles. The van der Waals surface area contributed by atoms with Gasteiger partial charge in [-0.15, -0.1) is 0 Å². The number of carboxylic acids is 1. The first-order valence-corrected chi connectivity index (χ1v) is 14.2. The Morgan fingerprint density at radius 2 is 1.34 bits per heavy atom. The molecular formula is C36H35NO7. The highest BCUT2D eigenvalue weighted by atomic mass is 16.5. The van der Waals surface area contributed by atoms with Crippen molar-refractivity contribution < 1.29 is 33.7 Å². The second-order valence-electron chi connectivity index (χ2n) is 11.1. The minimum Gasteiger partial charge on any atom is -0.497 e. The highest BCUT2D eigenvalue weighted by Crippen LogP contribution is 2.57. The SMILES string of the molecule is COc1ccc(C(=O)C2C(c3ccc(C)cc3)N(C(=O)c3ccc(OC)c(OC)c3)C(C)(C(=O)O)C2c2ccccc2)cc1. The van der Waals surface area contributed by atoms with Gasteiger partial charge in [-0.05, 0) is 67.4 Å². The van der Waals surface area contributed by atoms with E-state index < -0.39 is 35.3 Å². The van der Waals surface area contributed by atoms with E-state index in [1.807, 2.05) is 61.5 Å². The maximum absolute atomic E-state index is 14.7. The van der Waals surface area contributed by atoms with Gasteiger partial charge in [-0.1, -0.05) is 60.2 Å². The summed E-state index contributed by atoms with van der Waals surface area (Å²) in [4.78, 5) is 44.3. The first-order valence-electron chi connectivity index (χ1n) is 14.2. The maximum atomic E-state index is 14.7. The smallest absolute Gasteiger partial charge is 0.330 e. The van der Waals surface area contributed by atoms with Crippen LogP contribution in [-0.4, -0.2) is 54.5 Å². The van der Waals surface area contributed by atoms with Gasteiger partial charge < -0.3 is 24.2 Å². The Hall–Kier alpha value is -5.11. The summed E-state index contributed by atoms with van der Waals surface area (Å²) in [5, 5.41) is 11.0. The number of carboxylic acid groups (broad SMARTS) is 1. The summed E-state index contributed by atoms with van der Waals surface area (Å²) in [6.45, 7) is 3.48. The van der Waals surface area contributed by atoms with Crippen LogP contribution in [0.1, 0.15) is 56.3 Å².